The first-order valence-electron chi connectivity index (χ1n) is 6.41. The van der Waals surface area contributed by atoms with Crippen LogP contribution in [0.25, 0.3) is 0 Å². The summed E-state index contributed by atoms with van der Waals surface area (Å²) >= 11 is 8.99. The van der Waals surface area contributed by atoms with Crippen molar-refractivity contribution in [3.63, 3.8) is 0 Å². The van der Waals surface area contributed by atoms with Crippen molar-refractivity contribution in [2.24, 2.45) is 5.92 Å². The Bertz CT molecular complexity index is 419. The maximum atomic E-state index is 13.9. The van der Waals surface area contributed by atoms with Crippen LogP contribution in [0.3, 0.4) is 0 Å². The molecule has 1 nitrogen and oxygen atoms in total. The van der Waals surface area contributed by atoms with Crippen LogP contribution in [-0.2, 0) is 0 Å². The van der Waals surface area contributed by atoms with Gasteiger partial charge in [-0.25, -0.2) is 4.39 Å². The van der Waals surface area contributed by atoms with E-state index in [4.69, 9.17) is 11.6 Å². The van der Waals surface area contributed by atoms with Crippen LogP contribution in [0, 0.1) is 11.7 Å². The molecule has 0 saturated heterocycles. The van der Waals surface area contributed by atoms with Crippen LogP contribution in [0.1, 0.15) is 50.2 Å². The number of aliphatic hydroxyl groups excluding tert-OH is 1. The van der Waals surface area contributed by atoms with Gasteiger partial charge in [0.15, 0.2) is 0 Å². The third-order valence-corrected chi connectivity index (χ3v) is 5.01. The van der Waals surface area contributed by atoms with E-state index in [1.54, 1.807) is 12.1 Å². The van der Waals surface area contributed by atoms with E-state index in [2.05, 4.69) is 15.9 Å². The van der Waals surface area contributed by atoms with Crippen LogP contribution in [0.15, 0.2) is 16.6 Å². The Labute approximate surface area is 120 Å². The van der Waals surface area contributed by atoms with Crippen molar-refractivity contribution in [1.82, 2.24) is 0 Å². The molecule has 1 aliphatic rings. The molecule has 4 heteroatoms. The smallest absolute Gasteiger partial charge is 0.148 e. The molecule has 0 aromatic heterocycles. The van der Waals surface area contributed by atoms with E-state index in [1.807, 2.05) is 0 Å². The predicted octanol–water partition coefficient (Wildman–Crippen LogP) is 5.25. The number of hydrogen-bond acceptors (Lipinski definition) is 1. The lowest BCUT2D eigenvalue weighted by Crippen LogP contribution is -2.04. The average Bonchev–Trinajstić information content (AvgIpc) is 2.86. The Kier molecular flexibility index (Phi) is 5.05. The maximum absolute atomic E-state index is 13.9. The highest BCUT2D eigenvalue weighted by molar-refractivity contribution is 9.10. The van der Waals surface area contributed by atoms with Crippen molar-refractivity contribution in [2.75, 3.05) is 0 Å². The van der Waals surface area contributed by atoms with Gasteiger partial charge in [-0.15, -0.1) is 0 Å². The summed E-state index contributed by atoms with van der Waals surface area (Å²) in [6.07, 6.45) is 5.90. The van der Waals surface area contributed by atoms with Gasteiger partial charge in [-0.1, -0.05) is 43.4 Å². The largest absolute Gasteiger partial charge is 0.388 e. The fourth-order valence-corrected chi connectivity index (χ4v) is 3.12. The molecule has 1 aromatic rings. The van der Waals surface area contributed by atoms with Gasteiger partial charge in [0.1, 0.15) is 5.82 Å². The lowest BCUT2D eigenvalue weighted by atomic mass is 9.96. The Balaban J connectivity index is 1.99. The molecule has 0 spiro atoms. The van der Waals surface area contributed by atoms with Gasteiger partial charge in [0, 0.05) is 10.0 Å². The predicted molar refractivity (Wildman–Crippen MR) is 75.3 cm³/mol. The summed E-state index contributed by atoms with van der Waals surface area (Å²) in [7, 11) is 0. The van der Waals surface area contributed by atoms with Gasteiger partial charge < -0.3 is 5.11 Å². The number of rotatable bonds is 4. The van der Waals surface area contributed by atoms with Crippen LogP contribution < -0.4 is 0 Å². The van der Waals surface area contributed by atoms with Crippen LogP contribution >= 0.6 is 27.5 Å². The van der Waals surface area contributed by atoms with E-state index in [9.17, 15) is 9.50 Å². The second-order valence-electron chi connectivity index (χ2n) is 5.01. The van der Waals surface area contributed by atoms with Crippen molar-refractivity contribution < 1.29 is 9.50 Å². The van der Waals surface area contributed by atoms with E-state index in [1.165, 1.54) is 25.7 Å². The van der Waals surface area contributed by atoms with E-state index >= 15 is 0 Å². The van der Waals surface area contributed by atoms with Crippen LogP contribution in [0.4, 0.5) is 4.39 Å². The number of aliphatic hydroxyl groups is 1. The Morgan fingerprint density at radius 1 is 1.39 bits per heavy atom. The van der Waals surface area contributed by atoms with Gasteiger partial charge >= 0.3 is 0 Å². The molecule has 100 valence electrons. The van der Waals surface area contributed by atoms with Crippen LogP contribution in [0.2, 0.25) is 5.02 Å². The summed E-state index contributed by atoms with van der Waals surface area (Å²) in [4.78, 5) is 0. The first-order chi connectivity index (χ1) is 8.59. The highest BCUT2D eigenvalue weighted by Crippen LogP contribution is 2.34. The van der Waals surface area contributed by atoms with Gasteiger partial charge in [-0.3, -0.25) is 0 Å². The lowest BCUT2D eigenvalue weighted by molar-refractivity contribution is 0.152. The summed E-state index contributed by atoms with van der Waals surface area (Å²) in [5, 5.41) is 10.1. The van der Waals surface area contributed by atoms with Gasteiger partial charge in [0.2, 0.25) is 0 Å². The van der Waals surface area contributed by atoms with Crippen molar-refractivity contribution in [3.8, 4) is 0 Å². The fourth-order valence-electron chi connectivity index (χ4n) is 2.65. The van der Waals surface area contributed by atoms with E-state index in [0.717, 1.165) is 6.42 Å². The number of benzene rings is 1. The molecular formula is C14H17BrClFO. The minimum absolute atomic E-state index is 0.0485. The fraction of sp³-hybridized carbons (Fsp3) is 0.571. The summed E-state index contributed by atoms with van der Waals surface area (Å²) in [5.41, 5.74) is 0.307. The molecule has 1 unspecified atom stereocenters. The van der Waals surface area contributed by atoms with Crippen molar-refractivity contribution in [3.05, 3.63) is 33.0 Å². The Hall–Kier alpha value is -0.120. The summed E-state index contributed by atoms with van der Waals surface area (Å²) in [5.74, 6) is 0.193. The molecule has 0 amide bonds. The second kappa shape index (κ2) is 6.36. The lowest BCUT2D eigenvalue weighted by Gasteiger charge is -2.15. The zero-order chi connectivity index (χ0) is 13.1. The Morgan fingerprint density at radius 2 is 2.06 bits per heavy atom. The molecule has 1 saturated carbocycles. The zero-order valence-corrected chi connectivity index (χ0v) is 12.5. The number of halogens is 3. The van der Waals surface area contributed by atoms with Gasteiger partial charge in [0.05, 0.1) is 11.1 Å². The highest BCUT2D eigenvalue weighted by atomic mass is 79.9. The first kappa shape index (κ1) is 14.3. The third-order valence-electron chi connectivity index (χ3n) is 3.75. The molecule has 1 atom stereocenters. The standard InChI is InChI=1S/C14H17BrClFO/c15-11-7-6-10(14(17)13(11)16)12(18)8-5-9-3-1-2-4-9/h6-7,9,12,18H,1-5,8H2. The molecule has 0 bridgehead atoms. The van der Waals surface area contributed by atoms with Gasteiger partial charge in [0.25, 0.3) is 0 Å². The SMILES string of the molecule is OC(CCC1CCCC1)c1ccc(Br)c(Cl)c1F. The van der Waals surface area contributed by atoms with Crippen LogP contribution in [0.5, 0.6) is 0 Å². The summed E-state index contributed by atoms with van der Waals surface area (Å²) in [6, 6.07) is 3.28. The van der Waals surface area contributed by atoms with E-state index in [-0.39, 0.29) is 5.02 Å². The second-order valence-corrected chi connectivity index (χ2v) is 6.24. The quantitative estimate of drug-likeness (QED) is 0.745. The summed E-state index contributed by atoms with van der Waals surface area (Å²) < 4.78 is 14.4. The highest BCUT2D eigenvalue weighted by Gasteiger charge is 2.20. The molecule has 18 heavy (non-hydrogen) atoms. The van der Waals surface area contributed by atoms with Crippen molar-refractivity contribution in [1.29, 1.82) is 0 Å². The molecule has 1 aliphatic carbocycles. The van der Waals surface area contributed by atoms with Crippen molar-refractivity contribution >= 4 is 27.5 Å². The Morgan fingerprint density at radius 3 is 2.72 bits per heavy atom. The van der Waals surface area contributed by atoms with E-state index in [0.29, 0.717) is 22.4 Å². The molecule has 0 aliphatic heterocycles. The average molecular weight is 336 g/mol. The maximum Gasteiger partial charge on any atom is 0.148 e. The van der Waals surface area contributed by atoms with Crippen molar-refractivity contribution in [2.45, 2.75) is 44.6 Å². The first-order valence-corrected chi connectivity index (χ1v) is 7.58. The zero-order valence-electron chi connectivity index (χ0n) is 10.1. The molecule has 0 radical (unpaired) electrons. The minimum Gasteiger partial charge on any atom is -0.388 e. The third kappa shape index (κ3) is 3.25. The molecule has 0 heterocycles. The minimum atomic E-state index is -0.754. The van der Waals surface area contributed by atoms with Crippen LogP contribution in [-0.4, -0.2) is 5.11 Å². The summed E-state index contributed by atoms with van der Waals surface area (Å²) in [6.45, 7) is 0. The molecule has 1 fully saturated rings. The normalized spacial score (nSPS) is 18.2. The molecule has 1 N–H and O–H groups in total. The van der Waals surface area contributed by atoms with E-state index < -0.39 is 11.9 Å². The van der Waals surface area contributed by atoms with Gasteiger partial charge in [-0.2, -0.15) is 0 Å². The molecule has 1 aromatic carbocycles. The topological polar surface area (TPSA) is 20.2 Å². The monoisotopic (exact) mass is 334 g/mol. The molecule has 2 rings (SSSR count). The molecular weight excluding hydrogens is 319 g/mol. The van der Waals surface area contributed by atoms with Gasteiger partial charge in [-0.05, 0) is 40.8 Å². The number of hydrogen-bond donors (Lipinski definition) is 1.